The van der Waals surface area contributed by atoms with Crippen LogP contribution in [0.5, 0.6) is 0 Å². The number of fused-ring (bicyclic) bond motifs is 5. The summed E-state index contributed by atoms with van der Waals surface area (Å²) in [4.78, 5) is 23.1. The molecule has 4 heteroatoms. The third-order valence-corrected chi connectivity index (χ3v) is 10.0. The molecule has 0 aromatic heterocycles. The van der Waals surface area contributed by atoms with Gasteiger partial charge in [-0.1, -0.05) is 20.8 Å². The molecular formula is C24H38O4. The molecule has 0 spiro atoms. The van der Waals surface area contributed by atoms with Crippen LogP contribution in [0.15, 0.2) is 0 Å². The molecule has 4 aliphatic rings. The van der Waals surface area contributed by atoms with E-state index in [4.69, 9.17) is 4.74 Å². The van der Waals surface area contributed by atoms with Crippen molar-refractivity contribution < 1.29 is 19.4 Å². The Bertz CT molecular complexity index is 645. The van der Waals surface area contributed by atoms with Crippen LogP contribution in [-0.4, -0.2) is 23.1 Å². The highest BCUT2D eigenvalue weighted by molar-refractivity contribution is 5.70. The summed E-state index contributed by atoms with van der Waals surface area (Å²) < 4.78 is 5.57. The number of esters is 1. The number of carbonyl (C=O) groups excluding carboxylic acids is 1. The predicted molar refractivity (Wildman–Crippen MR) is 108 cm³/mol. The van der Waals surface area contributed by atoms with E-state index in [9.17, 15) is 14.7 Å². The molecule has 158 valence electrons. The fourth-order valence-electron chi connectivity index (χ4n) is 8.59. The van der Waals surface area contributed by atoms with E-state index in [1.54, 1.807) is 0 Å². The Labute approximate surface area is 169 Å². The van der Waals surface area contributed by atoms with Crippen LogP contribution in [0.25, 0.3) is 0 Å². The van der Waals surface area contributed by atoms with Gasteiger partial charge in [-0.2, -0.15) is 0 Å². The number of rotatable bonds is 3. The van der Waals surface area contributed by atoms with Crippen LogP contribution >= 0.6 is 0 Å². The van der Waals surface area contributed by atoms with Crippen molar-refractivity contribution in [3.8, 4) is 0 Å². The molecule has 28 heavy (non-hydrogen) atoms. The lowest BCUT2D eigenvalue weighted by atomic mass is 9.44. The molecule has 0 heterocycles. The van der Waals surface area contributed by atoms with Crippen molar-refractivity contribution in [3.63, 3.8) is 0 Å². The second-order valence-corrected chi connectivity index (χ2v) is 11.0. The van der Waals surface area contributed by atoms with E-state index in [-0.39, 0.29) is 23.4 Å². The first-order chi connectivity index (χ1) is 13.2. The van der Waals surface area contributed by atoms with Crippen molar-refractivity contribution in [1.82, 2.24) is 0 Å². The maximum atomic E-state index is 11.7. The first-order valence-electron chi connectivity index (χ1n) is 11.6. The molecule has 1 N–H and O–H groups in total. The molecule has 4 saturated carbocycles. The molecule has 0 bridgehead atoms. The lowest BCUT2D eigenvalue weighted by Crippen LogP contribution is -2.54. The molecular weight excluding hydrogens is 352 g/mol. The maximum Gasteiger partial charge on any atom is 0.306 e. The van der Waals surface area contributed by atoms with Crippen LogP contribution in [0.3, 0.4) is 0 Å². The summed E-state index contributed by atoms with van der Waals surface area (Å²) in [5.74, 6) is 2.25. The number of ether oxygens (including phenoxy) is 1. The lowest BCUT2D eigenvalue weighted by molar-refractivity contribution is -0.161. The van der Waals surface area contributed by atoms with Crippen LogP contribution in [0.2, 0.25) is 0 Å². The van der Waals surface area contributed by atoms with E-state index >= 15 is 0 Å². The molecule has 4 nitrogen and oxygen atoms in total. The highest BCUT2D eigenvalue weighted by Crippen LogP contribution is 2.68. The third kappa shape index (κ3) is 3.01. The number of hydrogen-bond acceptors (Lipinski definition) is 3. The van der Waals surface area contributed by atoms with Gasteiger partial charge >= 0.3 is 11.9 Å². The molecule has 0 aliphatic heterocycles. The van der Waals surface area contributed by atoms with E-state index in [2.05, 4.69) is 13.8 Å². The van der Waals surface area contributed by atoms with Gasteiger partial charge in [0.1, 0.15) is 6.10 Å². The molecule has 0 radical (unpaired) electrons. The number of carboxylic acid groups (broad SMARTS) is 1. The van der Waals surface area contributed by atoms with E-state index in [1.165, 1.54) is 45.4 Å². The number of hydrogen-bond donors (Lipinski definition) is 1. The normalized spacial score (nSPS) is 48.7. The van der Waals surface area contributed by atoms with Gasteiger partial charge in [-0.15, -0.1) is 0 Å². The maximum absolute atomic E-state index is 11.7. The molecule has 4 rings (SSSR count). The highest BCUT2D eigenvalue weighted by atomic mass is 16.5. The van der Waals surface area contributed by atoms with Crippen molar-refractivity contribution >= 4 is 11.9 Å². The van der Waals surface area contributed by atoms with Crippen molar-refractivity contribution in [3.05, 3.63) is 0 Å². The summed E-state index contributed by atoms with van der Waals surface area (Å²) in [5, 5.41) is 9.63. The van der Waals surface area contributed by atoms with Crippen LogP contribution in [0, 0.1) is 46.3 Å². The average Bonchev–Trinajstić information content (AvgIpc) is 2.98. The van der Waals surface area contributed by atoms with Gasteiger partial charge in [0.2, 0.25) is 0 Å². The number of aliphatic carboxylic acids is 1. The van der Waals surface area contributed by atoms with Gasteiger partial charge in [0.25, 0.3) is 0 Å². The molecule has 0 aromatic carbocycles. The predicted octanol–water partition coefficient (Wildman–Crippen LogP) is 5.30. The summed E-state index contributed by atoms with van der Waals surface area (Å²) in [6.45, 7) is 8.40. The Morgan fingerprint density at radius 2 is 1.64 bits per heavy atom. The van der Waals surface area contributed by atoms with E-state index in [1.807, 2.05) is 6.92 Å². The Morgan fingerprint density at radius 3 is 2.32 bits per heavy atom. The minimum Gasteiger partial charge on any atom is -0.481 e. The molecule has 4 fully saturated rings. The summed E-state index contributed by atoms with van der Waals surface area (Å²) in [6, 6.07) is 0. The lowest BCUT2D eigenvalue weighted by Gasteiger charge is -2.61. The van der Waals surface area contributed by atoms with Gasteiger partial charge in [-0.3, -0.25) is 9.59 Å². The van der Waals surface area contributed by atoms with Crippen molar-refractivity contribution in [2.24, 2.45) is 46.3 Å². The van der Waals surface area contributed by atoms with Gasteiger partial charge < -0.3 is 9.84 Å². The van der Waals surface area contributed by atoms with Crippen molar-refractivity contribution in [2.45, 2.75) is 91.6 Å². The fraction of sp³-hybridized carbons (Fsp3) is 0.917. The van der Waals surface area contributed by atoms with Gasteiger partial charge in [0.15, 0.2) is 0 Å². The minimum atomic E-state index is -0.617. The fourth-order valence-corrected chi connectivity index (χ4v) is 8.59. The summed E-state index contributed by atoms with van der Waals surface area (Å²) >= 11 is 0. The van der Waals surface area contributed by atoms with Crippen molar-refractivity contribution in [1.29, 1.82) is 0 Å². The Hall–Kier alpha value is -1.06. The van der Waals surface area contributed by atoms with E-state index < -0.39 is 5.97 Å². The zero-order valence-electron chi connectivity index (χ0n) is 18.1. The molecule has 0 amide bonds. The number of carbonyl (C=O) groups is 2. The topological polar surface area (TPSA) is 63.6 Å². The molecule has 4 aliphatic carbocycles. The van der Waals surface area contributed by atoms with E-state index in [0.29, 0.717) is 23.2 Å². The van der Waals surface area contributed by atoms with Crippen LogP contribution in [0.4, 0.5) is 0 Å². The Balaban J connectivity index is 1.52. The largest absolute Gasteiger partial charge is 0.481 e. The zero-order chi connectivity index (χ0) is 20.3. The SMILES string of the molecule is CC(=O)O[C@H]1CC[C@@]2(C)[C@@H](CC[C@@H]3[C@@H]2CC[C@]2(C)[C@@H]([C@@H](C)C(=O)O)CC[C@@H]32)C1. The van der Waals surface area contributed by atoms with Gasteiger partial charge in [0.05, 0.1) is 5.92 Å². The summed E-state index contributed by atoms with van der Waals surface area (Å²) in [7, 11) is 0. The molecule has 9 atom stereocenters. The second-order valence-electron chi connectivity index (χ2n) is 11.0. The first kappa shape index (κ1) is 20.2. The monoisotopic (exact) mass is 390 g/mol. The molecule has 0 unspecified atom stereocenters. The van der Waals surface area contributed by atoms with Gasteiger partial charge in [-0.05, 0) is 98.2 Å². The van der Waals surface area contributed by atoms with Crippen LogP contribution < -0.4 is 0 Å². The van der Waals surface area contributed by atoms with Crippen LogP contribution in [-0.2, 0) is 14.3 Å². The molecule has 0 saturated heterocycles. The second kappa shape index (κ2) is 7.02. The average molecular weight is 391 g/mol. The Morgan fingerprint density at radius 1 is 0.964 bits per heavy atom. The standard InChI is InChI=1S/C24H38O4/c1-14(22(26)27)19-7-8-20-18-6-5-16-13-17(28-15(2)25)9-11-23(16,3)21(18)10-12-24(19,20)4/h14,16-21H,5-13H2,1-4H3,(H,26,27)/t14-,16+,17+,18+,19-,20+,21+,23+,24-/m1/s1. The third-order valence-electron chi connectivity index (χ3n) is 10.0. The zero-order valence-corrected chi connectivity index (χ0v) is 18.1. The van der Waals surface area contributed by atoms with Gasteiger partial charge in [0, 0.05) is 6.92 Å². The van der Waals surface area contributed by atoms with Crippen LogP contribution in [0.1, 0.15) is 85.5 Å². The summed E-state index contributed by atoms with van der Waals surface area (Å²) in [5.41, 5.74) is 0.578. The summed E-state index contributed by atoms with van der Waals surface area (Å²) in [6.07, 6.45) is 10.6. The quantitative estimate of drug-likeness (QED) is 0.664. The molecule has 0 aromatic rings. The minimum absolute atomic E-state index is 0.119. The smallest absolute Gasteiger partial charge is 0.306 e. The first-order valence-corrected chi connectivity index (χ1v) is 11.6. The van der Waals surface area contributed by atoms with Crippen molar-refractivity contribution in [2.75, 3.05) is 0 Å². The van der Waals surface area contributed by atoms with E-state index in [0.717, 1.165) is 31.1 Å². The van der Waals surface area contributed by atoms with Gasteiger partial charge in [-0.25, -0.2) is 0 Å². The highest BCUT2D eigenvalue weighted by Gasteiger charge is 2.61. The number of carboxylic acids is 1. The Kier molecular flexibility index (Phi) is 5.07.